The zero-order valence-corrected chi connectivity index (χ0v) is 13.7. The highest BCUT2D eigenvalue weighted by molar-refractivity contribution is 5.85. The maximum absolute atomic E-state index is 13.7. The lowest BCUT2D eigenvalue weighted by Gasteiger charge is -2.23. The smallest absolute Gasteiger partial charge is 0.239 e. The van der Waals surface area contributed by atoms with Crippen molar-refractivity contribution in [3.05, 3.63) is 53.7 Å². The number of halogens is 2. The van der Waals surface area contributed by atoms with Crippen LogP contribution in [0.4, 0.5) is 8.78 Å². The summed E-state index contributed by atoms with van der Waals surface area (Å²) in [6.45, 7) is 3.66. The van der Waals surface area contributed by atoms with E-state index in [9.17, 15) is 13.6 Å². The fourth-order valence-corrected chi connectivity index (χ4v) is 1.82. The summed E-state index contributed by atoms with van der Waals surface area (Å²) >= 11 is 0. The first-order chi connectivity index (χ1) is 11.3. The van der Waals surface area contributed by atoms with Crippen LogP contribution in [0.5, 0.6) is 11.6 Å². The number of carbonyl (C=O) groups excluding carboxylic acids is 1. The maximum Gasteiger partial charge on any atom is 0.239 e. The van der Waals surface area contributed by atoms with Crippen LogP contribution in [0.1, 0.15) is 19.4 Å². The molecule has 0 saturated carbocycles. The van der Waals surface area contributed by atoms with Gasteiger partial charge in [0.2, 0.25) is 11.8 Å². The Morgan fingerprint density at radius 2 is 2.04 bits per heavy atom. The third-order valence-electron chi connectivity index (χ3n) is 3.58. The van der Waals surface area contributed by atoms with E-state index in [-0.39, 0.29) is 24.1 Å². The Morgan fingerprint density at radius 3 is 2.71 bits per heavy atom. The summed E-state index contributed by atoms with van der Waals surface area (Å²) in [6.07, 6.45) is 1.49. The van der Waals surface area contributed by atoms with Crippen molar-refractivity contribution in [2.45, 2.75) is 25.9 Å². The van der Waals surface area contributed by atoms with Crippen LogP contribution in [0.25, 0.3) is 0 Å². The Morgan fingerprint density at radius 1 is 1.29 bits per heavy atom. The van der Waals surface area contributed by atoms with E-state index < -0.39 is 17.2 Å². The summed E-state index contributed by atoms with van der Waals surface area (Å²) in [7, 11) is 1.69. The molecule has 0 bridgehead atoms. The van der Waals surface area contributed by atoms with Gasteiger partial charge in [0.05, 0.1) is 5.54 Å². The minimum absolute atomic E-state index is 0.141. The van der Waals surface area contributed by atoms with E-state index in [1.165, 1.54) is 12.3 Å². The quantitative estimate of drug-likeness (QED) is 0.852. The number of amides is 1. The van der Waals surface area contributed by atoms with Crippen LogP contribution in [0.15, 0.2) is 36.5 Å². The third kappa shape index (κ3) is 4.26. The number of pyridine rings is 1. The minimum Gasteiger partial charge on any atom is -0.436 e. The van der Waals surface area contributed by atoms with Gasteiger partial charge < -0.3 is 15.4 Å². The molecule has 0 fully saturated rings. The van der Waals surface area contributed by atoms with Gasteiger partial charge in [0.15, 0.2) is 11.6 Å². The first-order valence-corrected chi connectivity index (χ1v) is 7.37. The number of hydrogen-bond acceptors (Lipinski definition) is 4. The monoisotopic (exact) mass is 335 g/mol. The highest BCUT2D eigenvalue weighted by Gasteiger charge is 2.25. The Hall–Kier alpha value is -2.54. The number of benzene rings is 1. The highest BCUT2D eigenvalue weighted by Crippen LogP contribution is 2.26. The van der Waals surface area contributed by atoms with Gasteiger partial charge in [0.1, 0.15) is 5.82 Å². The second kappa shape index (κ2) is 7.35. The van der Waals surface area contributed by atoms with Crippen LogP contribution in [0.2, 0.25) is 0 Å². The Labute approximate surface area is 139 Å². The molecule has 128 valence electrons. The molecule has 2 aromatic rings. The number of rotatable bonds is 6. The number of hydrogen-bond donors (Lipinski definition) is 2. The van der Waals surface area contributed by atoms with Crippen molar-refractivity contribution in [2.75, 3.05) is 7.05 Å². The molecule has 1 aromatic carbocycles. The first kappa shape index (κ1) is 17.8. The summed E-state index contributed by atoms with van der Waals surface area (Å²) < 4.78 is 32.1. The number of nitrogens with one attached hydrogen (secondary N) is 2. The molecule has 1 amide bonds. The third-order valence-corrected chi connectivity index (χ3v) is 3.58. The van der Waals surface area contributed by atoms with Gasteiger partial charge in [-0.1, -0.05) is 6.07 Å². The van der Waals surface area contributed by atoms with Crippen LogP contribution >= 0.6 is 0 Å². The van der Waals surface area contributed by atoms with Gasteiger partial charge in [0, 0.05) is 24.4 Å². The van der Waals surface area contributed by atoms with Crippen LogP contribution in [0.3, 0.4) is 0 Å². The molecule has 5 nitrogen and oxygen atoms in total. The van der Waals surface area contributed by atoms with Gasteiger partial charge in [-0.3, -0.25) is 4.79 Å². The van der Waals surface area contributed by atoms with E-state index in [1.54, 1.807) is 33.0 Å². The fraction of sp³-hybridized carbons (Fsp3) is 0.294. The fourth-order valence-electron chi connectivity index (χ4n) is 1.82. The van der Waals surface area contributed by atoms with Crippen molar-refractivity contribution >= 4 is 5.91 Å². The zero-order chi connectivity index (χ0) is 17.7. The second-order valence-electron chi connectivity index (χ2n) is 5.70. The van der Waals surface area contributed by atoms with Gasteiger partial charge in [-0.25, -0.2) is 13.8 Å². The van der Waals surface area contributed by atoms with Crippen molar-refractivity contribution in [2.24, 2.45) is 0 Å². The molecular formula is C17H19F2N3O2. The topological polar surface area (TPSA) is 63.2 Å². The summed E-state index contributed by atoms with van der Waals surface area (Å²) in [5.41, 5.74) is -0.159. The first-order valence-electron chi connectivity index (χ1n) is 7.37. The van der Waals surface area contributed by atoms with Gasteiger partial charge in [-0.15, -0.1) is 0 Å². The zero-order valence-electron chi connectivity index (χ0n) is 13.7. The molecule has 0 saturated heterocycles. The van der Waals surface area contributed by atoms with Crippen LogP contribution < -0.4 is 15.4 Å². The molecular weight excluding hydrogens is 316 g/mol. The SMILES string of the molecule is CNC(C)(C)C(=O)NCc1cccnc1Oc1ccc(F)cc1F. The molecule has 7 heteroatoms. The number of aromatic nitrogens is 1. The number of ether oxygens (including phenoxy) is 1. The molecule has 0 atom stereocenters. The van der Waals surface area contributed by atoms with E-state index in [1.807, 2.05) is 0 Å². The van der Waals surface area contributed by atoms with Gasteiger partial charge in [-0.2, -0.15) is 0 Å². The van der Waals surface area contributed by atoms with E-state index in [0.29, 0.717) is 5.56 Å². The highest BCUT2D eigenvalue weighted by atomic mass is 19.1. The molecule has 0 aliphatic heterocycles. The van der Waals surface area contributed by atoms with Crippen molar-refractivity contribution in [1.29, 1.82) is 0 Å². The average molecular weight is 335 g/mol. The molecule has 24 heavy (non-hydrogen) atoms. The summed E-state index contributed by atoms with van der Waals surface area (Å²) in [4.78, 5) is 16.1. The summed E-state index contributed by atoms with van der Waals surface area (Å²) in [5, 5.41) is 5.67. The number of likely N-dealkylation sites (N-methyl/N-ethyl adjacent to an activating group) is 1. The van der Waals surface area contributed by atoms with E-state index in [4.69, 9.17) is 4.74 Å². The van der Waals surface area contributed by atoms with Crippen molar-refractivity contribution in [3.63, 3.8) is 0 Å². The van der Waals surface area contributed by atoms with Crippen molar-refractivity contribution in [3.8, 4) is 11.6 Å². The molecule has 0 unspecified atom stereocenters. The number of nitrogens with zero attached hydrogens (tertiary/aromatic N) is 1. The second-order valence-corrected chi connectivity index (χ2v) is 5.70. The summed E-state index contributed by atoms with van der Waals surface area (Å²) in [6, 6.07) is 6.40. The van der Waals surface area contributed by atoms with E-state index in [0.717, 1.165) is 12.1 Å². The Balaban J connectivity index is 2.14. The van der Waals surface area contributed by atoms with Crippen LogP contribution in [-0.2, 0) is 11.3 Å². The molecule has 1 heterocycles. The maximum atomic E-state index is 13.7. The van der Waals surface area contributed by atoms with Crippen molar-refractivity contribution < 1.29 is 18.3 Å². The molecule has 1 aromatic heterocycles. The standard InChI is InChI=1S/C17H19F2N3O2/c1-17(2,20-3)16(23)22-10-11-5-4-8-21-15(11)24-14-7-6-12(18)9-13(14)19/h4-9,20H,10H2,1-3H3,(H,22,23). The van der Waals surface area contributed by atoms with Crippen LogP contribution in [-0.4, -0.2) is 23.5 Å². The van der Waals surface area contributed by atoms with Gasteiger partial charge in [-0.05, 0) is 39.1 Å². The molecule has 2 rings (SSSR count). The predicted octanol–water partition coefficient (Wildman–Crippen LogP) is 2.77. The molecule has 2 N–H and O–H groups in total. The molecule has 0 aliphatic carbocycles. The van der Waals surface area contributed by atoms with Gasteiger partial charge in [0.25, 0.3) is 0 Å². The lowest BCUT2D eigenvalue weighted by Crippen LogP contribution is -2.50. The van der Waals surface area contributed by atoms with E-state index >= 15 is 0 Å². The van der Waals surface area contributed by atoms with Crippen molar-refractivity contribution in [1.82, 2.24) is 15.6 Å². The minimum atomic E-state index is -0.827. The predicted molar refractivity (Wildman–Crippen MR) is 85.7 cm³/mol. The lowest BCUT2D eigenvalue weighted by atomic mass is 10.1. The average Bonchev–Trinajstić information content (AvgIpc) is 2.56. The van der Waals surface area contributed by atoms with Gasteiger partial charge >= 0.3 is 0 Å². The molecule has 0 radical (unpaired) electrons. The Kier molecular flexibility index (Phi) is 5.46. The summed E-state index contributed by atoms with van der Waals surface area (Å²) in [5.74, 6) is -1.72. The normalized spacial score (nSPS) is 11.2. The number of carbonyl (C=O) groups is 1. The lowest BCUT2D eigenvalue weighted by molar-refractivity contribution is -0.126. The van der Waals surface area contributed by atoms with E-state index in [2.05, 4.69) is 15.6 Å². The Bertz CT molecular complexity index is 736. The van der Waals surface area contributed by atoms with Crippen LogP contribution in [0, 0.1) is 11.6 Å². The molecule has 0 aliphatic rings. The largest absolute Gasteiger partial charge is 0.436 e. The molecule has 0 spiro atoms.